The molecule has 4 aromatic rings. The van der Waals surface area contributed by atoms with Crippen molar-refractivity contribution >= 4 is 48.3 Å². The Hall–Kier alpha value is -3.56. The third-order valence-corrected chi connectivity index (χ3v) is 8.66. The van der Waals surface area contributed by atoms with Gasteiger partial charge >= 0.3 is 5.97 Å². The van der Waals surface area contributed by atoms with Gasteiger partial charge in [-0.3, -0.25) is 19.0 Å². The average Bonchev–Trinajstić information content (AvgIpc) is 2.90. The van der Waals surface area contributed by atoms with Crippen LogP contribution < -0.4 is 5.56 Å². The second-order valence-corrected chi connectivity index (χ2v) is 12.1. The predicted molar refractivity (Wildman–Crippen MR) is 155 cm³/mol. The molecule has 0 spiro atoms. The molecule has 0 saturated heterocycles. The fraction of sp³-hybridized carbons (Fsp3) is 0.233. The number of carbonyl (C=O) groups excluding carboxylic acids is 2. The first-order valence-corrected chi connectivity index (χ1v) is 15.0. The summed E-state index contributed by atoms with van der Waals surface area (Å²) < 4.78 is 32.6. The van der Waals surface area contributed by atoms with Crippen LogP contribution in [-0.2, 0) is 25.9 Å². The van der Waals surface area contributed by atoms with Crippen molar-refractivity contribution in [3.63, 3.8) is 0 Å². The fourth-order valence-corrected chi connectivity index (χ4v) is 6.25. The standard InChI is InChI=1S/C30H28BrNO6S/c1-3-38-27(34)10-7-17-39(36,37)24-14-11-21(12-15-24)19-32-29(20(2)33)28(22-8-5-4-6-9-22)26-18-23(31)13-16-25(26)30(32)35/h4-6,8-9,11-16,18H,3,7,10,17,19H2,1-2H3. The van der Waals surface area contributed by atoms with E-state index >= 15 is 0 Å². The molecule has 4 rings (SSSR count). The monoisotopic (exact) mass is 609 g/mol. The molecule has 39 heavy (non-hydrogen) atoms. The summed E-state index contributed by atoms with van der Waals surface area (Å²) in [6, 6.07) is 21.1. The molecule has 7 nitrogen and oxygen atoms in total. The maximum absolute atomic E-state index is 13.7. The minimum Gasteiger partial charge on any atom is -0.466 e. The van der Waals surface area contributed by atoms with E-state index in [2.05, 4.69) is 15.9 Å². The van der Waals surface area contributed by atoms with Crippen LogP contribution in [0.1, 0.15) is 42.7 Å². The molecule has 0 radical (unpaired) electrons. The number of ether oxygens (including phenoxy) is 1. The lowest BCUT2D eigenvalue weighted by Gasteiger charge is -2.19. The Labute approximate surface area is 235 Å². The largest absolute Gasteiger partial charge is 0.466 e. The minimum absolute atomic E-state index is 0.0319. The lowest BCUT2D eigenvalue weighted by atomic mass is 9.95. The van der Waals surface area contributed by atoms with E-state index in [1.54, 1.807) is 31.2 Å². The van der Waals surface area contributed by atoms with Crippen molar-refractivity contribution in [2.24, 2.45) is 0 Å². The molecule has 0 aliphatic heterocycles. The highest BCUT2D eigenvalue weighted by Crippen LogP contribution is 2.33. The van der Waals surface area contributed by atoms with Gasteiger partial charge in [0.05, 0.1) is 29.5 Å². The summed E-state index contributed by atoms with van der Waals surface area (Å²) in [5, 5.41) is 1.15. The Kier molecular flexibility index (Phi) is 8.82. The molecule has 0 atom stereocenters. The van der Waals surface area contributed by atoms with Crippen LogP contribution in [0.25, 0.3) is 21.9 Å². The first-order chi connectivity index (χ1) is 18.6. The van der Waals surface area contributed by atoms with Gasteiger partial charge in [0.15, 0.2) is 15.6 Å². The smallest absolute Gasteiger partial charge is 0.305 e. The van der Waals surface area contributed by atoms with Crippen LogP contribution in [0.4, 0.5) is 0 Å². The number of nitrogens with zero attached hydrogens (tertiary/aromatic N) is 1. The van der Waals surface area contributed by atoms with E-state index in [-0.39, 0.29) is 53.7 Å². The van der Waals surface area contributed by atoms with E-state index in [0.717, 1.165) is 10.0 Å². The molecular formula is C30H28BrNO6S. The number of carbonyl (C=O) groups is 2. The van der Waals surface area contributed by atoms with Crippen molar-refractivity contribution in [1.29, 1.82) is 0 Å². The molecule has 9 heteroatoms. The molecule has 0 bridgehead atoms. The number of fused-ring (bicyclic) bond motifs is 1. The summed E-state index contributed by atoms with van der Waals surface area (Å²) >= 11 is 3.48. The molecule has 0 N–H and O–H groups in total. The van der Waals surface area contributed by atoms with Crippen LogP contribution in [0.15, 0.2) is 87.0 Å². The number of benzene rings is 3. The lowest BCUT2D eigenvalue weighted by molar-refractivity contribution is -0.143. The van der Waals surface area contributed by atoms with Crippen molar-refractivity contribution in [3.05, 3.63) is 98.9 Å². The van der Waals surface area contributed by atoms with Gasteiger partial charge in [0, 0.05) is 28.8 Å². The van der Waals surface area contributed by atoms with Gasteiger partial charge in [0.1, 0.15) is 0 Å². The summed E-state index contributed by atoms with van der Waals surface area (Å²) in [5.74, 6) is -0.860. The summed E-state index contributed by atoms with van der Waals surface area (Å²) in [6.07, 6.45) is 0.194. The van der Waals surface area contributed by atoms with Gasteiger partial charge in [0.2, 0.25) is 0 Å². The predicted octanol–water partition coefficient (Wildman–Crippen LogP) is 5.80. The molecule has 0 fully saturated rings. The first-order valence-electron chi connectivity index (χ1n) is 12.5. The van der Waals surface area contributed by atoms with Gasteiger partial charge in [-0.25, -0.2) is 8.42 Å². The number of esters is 1. The van der Waals surface area contributed by atoms with Crippen LogP contribution >= 0.6 is 15.9 Å². The molecule has 0 amide bonds. The van der Waals surface area contributed by atoms with E-state index < -0.39 is 15.8 Å². The zero-order valence-electron chi connectivity index (χ0n) is 21.6. The normalized spacial score (nSPS) is 11.5. The molecule has 1 aromatic heterocycles. The second-order valence-electron chi connectivity index (χ2n) is 9.10. The molecule has 0 aliphatic rings. The van der Waals surface area contributed by atoms with Gasteiger partial charge in [0.25, 0.3) is 5.56 Å². The quantitative estimate of drug-likeness (QED) is 0.166. The average molecular weight is 611 g/mol. The van der Waals surface area contributed by atoms with Crippen molar-refractivity contribution in [2.45, 2.75) is 38.1 Å². The fourth-order valence-electron chi connectivity index (χ4n) is 4.58. The summed E-state index contributed by atoms with van der Waals surface area (Å²) in [5.41, 5.74) is 2.12. The zero-order valence-corrected chi connectivity index (χ0v) is 24.0. The van der Waals surface area contributed by atoms with Crippen molar-refractivity contribution in [1.82, 2.24) is 4.57 Å². The molecule has 3 aromatic carbocycles. The highest BCUT2D eigenvalue weighted by Gasteiger charge is 2.22. The second kappa shape index (κ2) is 12.1. The van der Waals surface area contributed by atoms with Crippen molar-refractivity contribution < 1.29 is 22.7 Å². The van der Waals surface area contributed by atoms with Crippen molar-refractivity contribution in [2.75, 3.05) is 12.4 Å². The van der Waals surface area contributed by atoms with Crippen LogP contribution in [0.3, 0.4) is 0 Å². The number of pyridine rings is 1. The topological polar surface area (TPSA) is 99.5 Å². The van der Waals surface area contributed by atoms with Gasteiger partial charge in [-0.15, -0.1) is 0 Å². The molecule has 0 aliphatic carbocycles. The van der Waals surface area contributed by atoms with Gasteiger partial charge in [-0.05, 0) is 60.2 Å². The van der Waals surface area contributed by atoms with E-state index in [0.29, 0.717) is 21.9 Å². The Morgan fingerprint density at radius 1 is 0.949 bits per heavy atom. The number of hydrogen-bond acceptors (Lipinski definition) is 6. The number of halogens is 1. The number of sulfone groups is 1. The van der Waals surface area contributed by atoms with Gasteiger partial charge in [-0.1, -0.05) is 58.4 Å². The molecule has 1 heterocycles. The lowest BCUT2D eigenvalue weighted by Crippen LogP contribution is -2.27. The molecule has 0 saturated carbocycles. The Morgan fingerprint density at radius 2 is 1.64 bits per heavy atom. The Morgan fingerprint density at radius 3 is 2.28 bits per heavy atom. The van der Waals surface area contributed by atoms with Gasteiger partial charge in [-0.2, -0.15) is 0 Å². The maximum Gasteiger partial charge on any atom is 0.305 e. The van der Waals surface area contributed by atoms with Crippen LogP contribution in [0.2, 0.25) is 0 Å². The number of ketones is 1. The Bertz CT molecular complexity index is 1690. The highest BCUT2D eigenvalue weighted by atomic mass is 79.9. The summed E-state index contributed by atoms with van der Waals surface area (Å²) in [4.78, 5) is 38.3. The summed E-state index contributed by atoms with van der Waals surface area (Å²) in [7, 11) is -3.60. The van der Waals surface area contributed by atoms with Crippen LogP contribution in [0.5, 0.6) is 0 Å². The molecule has 0 unspecified atom stereocenters. The third-order valence-electron chi connectivity index (χ3n) is 6.35. The number of hydrogen-bond donors (Lipinski definition) is 0. The van der Waals surface area contributed by atoms with E-state index in [4.69, 9.17) is 4.74 Å². The van der Waals surface area contributed by atoms with Gasteiger partial charge < -0.3 is 4.74 Å². The van der Waals surface area contributed by atoms with Crippen molar-refractivity contribution in [3.8, 4) is 11.1 Å². The minimum atomic E-state index is -3.60. The van der Waals surface area contributed by atoms with E-state index in [1.807, 2.05) is 36.4 Å². The van der Waals surface area contributed by atoms with Crippen LogP contribution in [0, 0.1) is 0 Å². The SMILES string of the molecule is CCOC(=O)CCCS(=O)(=O)c1ccc(Cn2c(C(C)=O)c(-c3ccccc3)c3cc(Br)ccc3c2=O)cc1. The molecule has 202 valence electrons. The zero-order chi connectivity index (χ0) is 28.2. The van der Waals surface area contributed by atoms with E-state index in [1.165, 1.54) is 23.6 Å². The van der Waals surface area contributed by atoms with Crippen LogP contribution in [-0.4, -0.2) is 37.1 Å². The number of Topliss-reactive ketones (excluding diaryl/α,β-unsaturated/α-hetero) is 1. The maximum atomic E-state index is 13.7. The number of aromatic nitrogens is 1. The molecular weight excluding hydrogens is 582 g/mol. The Balaban J connectivity index is 1.73. The third kappa shape index (κ3) is 6.37. The number of rotatable bonds is 10. The van der Waals surface area contributed by atoms with E-state index in [9.17, 15) is 22.8 Å². The summed E-state index contributed by atoms with van der Waals surface area (Å²) in [6.45, 7) is 3.47. The first kappa shape index (κ1) is 28.4. The highest BCUT2D eigenvalue weighted by molar-refractivity contribution is 9.10.